The van der Waals surface area contributed by atoms with E-state index in [1.807, 2.05) is 19.0 Å². The third-order valence-electron chi connectivity index (χ3n) is 4.62. The van der Waals surface area contributed by atoms with Crippen LogP contribution in [0.15, 0.2) is 24.8 Å². The Balaban J connectivity index is 1.66. The predicted octanol–water partition coefficient (Wildman–Crippen LogP) is 4.34. The maximum Gasteiger partial charge on any atom is 0.418 e. The molecule has 0 bridgehead atoms. The molecule has 0 saturated carbocycles. The third kappa shape index (κ3) is 7.47. The molecule has 3 aromatic heterocycles. The molecule has 0 spiro atoms. The number of rotatable bonds is 9. The standard InChI is InChI=1S/C21H20Cl2F3N7O3S/c1-10(31-18(35)16-15(23)19(30-9-29-16)36-5-4-33(2)3)20-28-8-13(37-20)17(34)32-14-6-11(21(24,25)26)12(22)7-27-14/h6-10H,4-5H2,1-3H3,(H,31,35)(H,27,32,34). The van der Waals surface area contributed by atoms with Crippen molar-refractivity contribution >= 4 is 52.2 Å². The minimum atomic E-state index is -4.71. The summed E-state index contributed by atoms with van der Waals surface area (Å²) in [5.41, 5.74) is -1.23. The highest BCUT2D eigenvalue weighted by Crippen LogP contribution is 2.35. The second-order valence-corrected chi connectivity index (χ2v) is 9.60. The lowest BCUT2D eigenvalue weighted by molar-refractivity contribution is -0.137. The Morgan fingerprint density at radius 3 is 2.54 bits per heavy atom. The highest BCUT2D eigenvalue weighted by Gasteiger charge is 2.34. The van der Waals surface area contributed by atoms with Crippen molar-refractivity contribution in [2.45, 2.75) is 19.1 Å². The van der Waals surface area contributed by atoms with E-state index in [0.29, 0.717) is 24.2 Å². The number of hydrogen-bond donors (Lipinski definition) is 2. The van der Waals surface area contributed by atoms with Gasteiger partial charge in [-0.15, -0.1) is 11.3 Å². The van der Waals surface area contributed by atoms with Crippen LogP contribution in [-0.2, 0) is 6.18 Å². The first kappa shape index (κ1) is 28.5. The largest absolute Gasteiger partial charge is 0.475 e. The minimum absolute atomic E-state index is 0.0566. The van der Waals surface area contributed by atoms with Crippen LogP contribution < -0.4 is 15.4 Å². The lowest BCUT2D eigenvalue weighted by atomic mass is 10.2. The van der Waals surface area contributed by atoms with Crippen molar-refractivity contribution in [1.29, 1.82) is 0 Å². The van der Waals surface area contributed by atoms with Gasteiger partial charge >= 0.3 is 6.18 Å². The van der Waals surface area contributed by atoms with E-state index in [2.05, 4.69) is 30.6 Å². The molecule has 0 fully saturated rings. The van der Waals surface area contributed by atoms with E-state index >= 15 is 0 Å². The number of ether oxygens (including phenoxy) is 1. The molecule has 198 valence electrons. The molecule has 0 radical (unpaired) electrons. The van der Waals surface area contributed by atoms with Crippen LogP contribution in [-0.4, -0.2) is 63.9 Å². The molecule has 2 amide bonds. The zero-order chi connectivity index (χ0) is 27.3. The van der Waals surface area contributed by atoms with Crippen molar-refractivity contribution < 1.29 is 27.5 Å². The molecule has 3 rings (SSSR count). The topological polar surface area (TPSA) is 122 Å². The van der Waals surface area contributed by atoms with Gasteiger partial charge < -0.3 is 20.3 Å². The van der Waals surface area contributed by atoms with Crippen LogP contribution in [0.3, 0.4) is 0 Å². The van der Waals surface area contributed by atoms with Crippen LogP contribution in [0.4, 0.5) is 19.0 Å². The van der Waals surface area contributed by atoms with Crippen molar-refractivity contribution in [2.24, 2.45) is 0 Å². The van der Waals surface area contributed by atoms with Gasteiger partial charge in [-0.05, 0) is 27.1 Å². The van der Waals surface area contributed by atoms with Crippen LogP contribution in [0.2, 0.25) is 10.0 Å². The molecule has 0 aliphatic heterocycles. The lowest BCUT2D eigenvalue weighted by Crippen LogP contribution is -2.28. The first-order valence-corrected chi connectivity index (χ1v) is 12.0. The normalized spacial score (nSPS) is 12.4. The third-order valence-corrected chi connectivity index (χ3v) is 6.44. The Morgan fingerprint density at radius 1 is 1.14 bits per heavy atom. The first-order chi connectivity index (χ1) is 17.4. The fourth-order valence-corrected chi connectivity index (χ4v) is 4.02. The van der Waals surface area contributed by atoms with Crippen LogP contribution in [0.1, 0.15) is 43.7 Å². The molecule has 0 aliphatic carbocycles. The van der Waals surface area contributed by atoms with Crippen LogP contribution in [0, 0.1) is 0 Å². The van der Waals surface area contributed by atoms with Gasteiger partial charge in [0, 0.05) is 12.7 Å². The van der Waals surface area contributed by atoms with E-state index < -0.39 is 34.6 Å². The molecular weight excluding hydrogens is 558 g/mol. The van der Waals surface area contributed by atoms with Crippen LogP contribution in [0.25, 0.3) is 0 Å². The van der Waals surface area contributed by atoms with Gasteiger partial charge in [0.2, 0.25) is 5.88 Å². The molecule has 1 atom stereocenters. The number of nitrogens with zero attached hydrogens (tertiary/aromatic N) is 5. The number of nitrogens with one attached hydrogen (secondary N) is 2. The number of alkyl halides is 3. The number of pyridine rings is 1. The molecule has 3 aromatic rings. The summed E-state index contributed by atoms with van der Waals surface area (Å²) in [4.78, 5) is 42.9. The maximum absolute atomic E-state index is 13.0. The maximum atomic E-state index is 13.0. The summed E-state index contributed by atoms with van der Waals surface area (Å²) in [6.07, 6.45) is -1.53. The van der Waals surface area contributed by atoms with Gasteiger partial charge in [-0.2, -0.15) is 13.2 Å². The quantitative estimate of drug-likeness (QED) is 0.385. The number of carbonyl (C=O) groups excluding carboxylic acids is 2. The molecule has 0 aromatic carbocycles. The SMILES string of the molecule is CC(NC(=O)c1ncnc(OCCN(C)C)c1Cl)c1ncc(C(=O)Nc2cc(C(F)(F)F)c(Cl)cn2)s1. The highest BCUT2D eigenvalue weighted by atomic mass is 35.5. The number of thiazole rings is 1. The fourth-order valence-electron chi connectivity index (χ4n) is 2.76. The summed E-state index contributed by atoms with van der Waals surface area (Å²) in [5, 5.41) is 4.66. The summed E-state index contributed by atoms with van der Waals surface area (Å²) in [7, 11) is 3.74. The number of carbonyl (C=O) groups is 2. The van der Waals surface area contributed by atoms with Gasteiger partial charge in [0.25, 0.3) is 11.8 Å². The second kappa shape index (κ2) is 12.0. The molecule has 0 saturated heterocycles. The van der Waals surface area contributed by atoms with Crippen molar-refractivity contribution in [2.75, 3.05) is 32.6 Å². The molecule has 1 unspecified atom stereocenters. The van der Waals surface area contributed by atoms with E-state index in [1.165, 1.54) is 6.20 Å². The van der Waals surface area contributed by atoms with Gasteiger partial charge in [0.05, 0.1) is 22.8 Å². The second-order valence-electron chi connectivity index (χ2n) is 7.75. The molecular formula is C21H20Cl2F3N7O3S. The summed E-state index contributed by atoms with van der Waals surface area (Å²) in [5.74, 6) is -1.62. The summed E-state index contributed by atoms with van der Waals surface area (Å²) >= 11 is 12.7. The lowest BCUT2D eigenvalue weighted by Gasteiger charge is -2.14. The number of likely N-dealkylation sites (N-methyl/N-ethyl adjacent to an activating group) is 1. The molecule has 3 heterocycles. The average Bonchev–Trinajstić information content (AvgIpc) is 3.31. The highest BCUT2D eigenvalue weighted by molar-refractivity contribution is 7.13. The van der Waals surface area contributed by atoms with Gasteiger partial charge in [-0.3, -0.25) is 9.59 Å². The number of amides is 2. The van der Waals surface area contributed by atoms with Gasteiger partial charge in [0.1, 0.15) is 33.7 Å². The molecule has 2 N–H and O–H groups in total. The predicted molar refractivity (Wildman–Crippen MR) is 131 cm³/mol. The van der Waals surface area contributed by atoms with Gasteiger partial charge in [-0.25, -0.2) is 19.9 Å². The van der Waals surface area contributed by atoms with Crippen molar-refractivity contribution in [3.8, 4) is 5.88 Å². The fraction of sp³-hybridized carbons (Fsp3) is 0.333. The molecule has 37 heavy (non-hydrogen) atoms. The molecule has 16 heteroatoms. The summed E-state index contributed by atoms with van der Waals surface area (Å²) in [6.45, 7) is 2.53. The van der Waals surface area contributed by atoms with Crippen molar-refractivity contribution in [1.82, 2.24) is 30.2 Å². The Kier molecular flexibility index (Phi) is 9.23. The molecule has 0 aliphatic rings. The zero-order valence-electron chi connectivity index (χ0n) is 19.6. The van der Waals surface area contributed by atoms with Crippen LogP contribution in [0.5, 0.6) is 5.88 Å². The smallest absolute Gasteiger partial charge is 0.418 e. The minimum Gasteiger partial charge on any atom is -0.475 e. The molecule has 10 nitrogen and oxygen atoms in total. The Labute approximate surface area is 223 Å². The average molecular weight is 578 g/mol. The zero-order valence-corrected chi connectivity index (χ0v) is 21.9. The monoisotopic (exact) mass is 577 g/mol. The van der Waals surface area contributed by atoms with E-state index in [9.17, 15) is 22.8 Å². The summed E-state index contributed by atoms with van der Waals surface area (Å²) in [6, 6.07) is -0.0247. The van der Waals surface area contributed by atoms with E-state index in [1.54, 1.807) is 6.92 Å². The van der Waals surface area contributed by atoms with E-state index in [4.69, 9.17) is 27.9 Å². The number of anilines is 1. The van der Waals surface area contributed by atoms with Crippen LogP contribution >= 0.6 is 34.5 Å². The Hall–Kier alpha value is -3.07. The van der Waals surface area contributed by atoms with E-state index in [-0.39, 0.29) is 27.3 Å². The van der Waals surface area contributed by atoms with E-state index in [0.717, 1.165) is 23.9 Å². The van der Waals surface area contributed by atoms with Gasteiger partial charge in [-0.1, -0.05) is 23.2 Å². The van der Waals surface area contributed by atoms with Crippen molar-refractivity contribution in [3.63, 3.8) is 0 Å². The number of hydrogen-bond acceptors (Lipinski definition) is 9. The number of halogens is 5. The summed E-state index contributed by atoms with van der Waals surface area (Å²) < 4.78 is 44.6. The first-order valence-electron chi connectivity index (χ1n) is 10.5. The number of aromatic nitrogens is 4. The van der Waals surface area contributed by atoms with Gasteiger partial charge in [0.15, 0.2) is 5.69 Å². The Morgan fingerprint density at radius 2 is 1.86 bits per heavy atom. The Bertz CT molecular complexity index is 1290. The van der Waals surface area contributed by atoms with Crippen molar-refractivity contribution in [3.05, 3.63) is 56.0 Å².